The van der Waals surface area contributed by atoms with Gasteiger partial charge < -0.3 is 10.1 Å². The van der Waals surface area contributed by atoms with Gasteiger partial charge in [-0.15, -0.1) is 0 Å². The van der Waals surface area contributed by atoms with Gasteiger partial charge >= 0.3 is 5.97 Å². The molecule has 1 aliphatic rings. The predicted molar refractivity (Wildman–Crippen MR) is 73.1 cm³/mol. The van der Waals surface area contributed by atoms with E-state index in [1.807, 2.05) is 25.1 Å². The van der Waals surface area contributed by atoms with Crippen molar-refractivity contribution in [3.05, 3.63) is 29.3 Å². The minimum atomic E-state index is -0.239. The Labute approximate surface area is 109 Å². The Bertz CT molecular complexity index is 466. The first-order chi connectivity index (χ1) is 8.43. The van der Waals surface area contributed by atoms with Crippen LogP contribution in [-0.4, -0.2) is 18.1 Å². The molecule has 18 heavy (non-hydrogen) atoms. The number of ether oxygens (including phenoxy) is 1. The van der Waals surface area contributed by atoms with Crippen molar-refractivity contribution in [2.45, 2.75) is 45.6 Å². The summed E-state index contributed by atoms with van der Waals surface area (Å²) in [5.41, 5.74) is 3.09. The van der Waals surface area contributed by atoms with Crippen molar-refractivity contribution in [2.24, 2.45) is 0 Å². The van der Waals surface area contributed by atoms with Crippen molar-refractivity contribution in [2.75, 3.05) is 11.9 Å². The monoisotopic (exact) mass is 247 g/mol. The van der Waals surface area contributed by atoms with Gasteiger partial charge in [0.15, 0.2) is 0 Å². The number of carbonyl (C=O) groups excluding carboxylic acids is 1. The van der Waals surface area contributed by atoms with Crippen LogP contribution in [0.15, 0.2) is 18.2 Å². The third kappa shape index (κ3) is 2.50. The van der Waals surface area contributed by atoms with Gasteiger partial charge in [-0.25, -0.2) is 4.79 Å². The lowest BCUT2D eigenvalue weighted by molar-refractivity contribution is 0.0526. The van der Waals surface area contributed by atoms with Gasteiger partial charge in [-0.2, -0.15) is 0 Å². The second-order valence-electron chi connectivity index (χ2n) is 5.64. The van der Waals surface area contributed by atoms with Gasteiger partial charge in [0.2, 0.25) is 0 Å². The molecule has 0 aliphatic carbocycles. The molecule has 1 heterocycles. The molecule has 3 heteroatoms. The number of benzene rings is 1. The van der Waals surface area contributed by atoms with Crippen LogP contribution in [0.4, 0.5) is 5.69 Å². The number of hydrogen-bond donors (Lipinski definition) is 1. The predicted octanol–water partition coefficient (Wildman–Crippen LogP) is 3.56. The van der Waals surface area contributed by atoms with Crippen LogP contribution in [-0.2, 0) is 4.74 Å². The minimum absolute atomic E-state index is 0.109. The SMILES string of the molecule is CCOC(=O)c1ccc2c(c1)C(C)CC(C)(C)N2. The molecule has 0 aromatic heterocycles. The fourth-order valence-corrected chi connectivity index (χ4v) is 2.72. The zero-order valence-electron chi connectivity index (χ0n) is 11.5. The molecule has 1 unspecified atom stereocenters. The summed E-state index contributed by atoms with van der Waals surface area (Å²) in [7, 11) is 0. The van der Waals surface area contributed by atoms with Crippen molar-refractivity contribution in [3.8, 4) is 0 Å². The highest BCUT2D eigenvalue weighted by molar-refractivity contribution is 5.90. The van der Waals surface area contributed by atoms with Crippen molar-refractivity contribution in [1.82, 2.24) is 0 Å². The Morgan fingerprint density at radius 3 is 2.89 bits per heavy atom. The highest BCUT2D eigenvalue weighted by Crippen LogP contribution is 2.38. The summed E-state index contributed by atoms with van der Waals surface area (Å²) in [6, 6.07) is 5.77. The van der Waals surface area contributed by atoms with Crippen LogP contribution in [0, 0.1) is 0 Å². The second kappa shape index (κ2) is 4.63. The molecular weight excluding hydrogens is 226 g/mol. The maximum absolute atomic E-state index is 11.7. The van der Waals surface area contributed by atoms with Gasteiger partial charge in [-0.05, 0) is 56.9 Å². The van der Waals surface area contributed by atoms with E-state index in [1.165, 1.54) is 5.56 Å². The first kappa shape index (κ1) is 12.9. The van der Waals surface area contributed by atoms with Crippen LogP contribution in [0.5, 0.6) is 0 Å². The number of fused-ring (bicyclic) bond motifs is 1. The van der Waals surface area contributed by atoms with E-state index in [-0.39, 0.29) is 11.5 Å². The van der Waals surface area contributed by atoms with Crippen LogP contribution >= 0.6 is 0 Å². The fraction of sp³-hybridized carbons (Fsp3) is 0.533. The molecule has 0 saturated heterocycles. The average molecular weight is 247 g/mol. The lowest BCUT2D eigenvalue weighted by Gasteiger charge is -2.37. The summed E-state index contributed by atoms with van der Waals surface area (Å²) in [5, 5.41) is 3.51. The van der Waals surface area contributed by atoms with Crippen LogP contribution in [0.1, 0.15) is 56.0 Å². The molecular formula is C15H21NO2. The molecule has 1 N–H and O–H groups in total. The van der Waals surface area contributed by atoms with E-state index in [0.717, 1.165) is 12.1 Å². The standard InChI is InChI=1S/C15H21NO2/c1-5-18-14(17)11-6-7-13-12(8-11)10(2)9-15(3,4)16-13/h6-8,10,16H,5,9H2,1-4H3. The zero-order chi connectivity index (χ0) is 13.3. The molecule has 98 valence electrons. The Kier molecular flexibility index (Phi) is 3.33. The van der Waals surface area contributed by atoms with Gasteiger partial charge in [0, 0.05) is 11.2 Å². The molecule has 0 radical (unpaired) electrons. The number of esters is 1. The van der Waals surface area contributed by atoms with Crippen molar-refractivity contribution < 1.29 is 9.53 Å². The van der Waals surface area contributed by atoms with E-state index in [1.54, 1.807) is 0 Å². The minimum Gasteiger partial charge on any atom is -0.462 e. The smallest absolute Gasteiger partial charge is 0.338 e. The lowest BCUT2D eigenvalue weighted by Crippen LogP contribution is -2.36. The third-order valence-electron chi connectivity index (χ3n) is 3.38. The Hall–Kier alpha value is -1.51. The fourth-order valence-electron chi connectivity index (χ4n) is 2.72. The summed E-state index contributed by atoms with van der Waals surface area (Å²) in [5.74, 6) is 0.211. The number of carbonyl (C=O) groups is 1. The quantitative estimate of drug-likeness (QED) is 0.812. The summed E-state index contributed by atoms with van der Waals surface area (Å²) in [6.45, 7) is 8.84. The molecule has 0 amide bonds. The molecule has 2 rings (SSSR count). The summed E-state index contributed by atoms with van der Waals surface area (Å²) in [4.78, 5) is 11.7. The second-order valence-corrected chi connectivity index (χ2v) is 5.64. The number of hydrogen-bond acceptors (Lipinski definition) is 3. The van der Waals surface area contributed by atoms with Crippen LogP contribution in [0.3, 0.4) is 0 Å². The van der Waals surface area contributed by atoms with Crippen LogP contribution in [0.2, 0.25) is 0 Å². The summed E-state index contributed by atoms with van der Waals surface area (Å²) < 4.78 is 5.04. The number of anilines is 1. The maximum Gasteiger partial charge on any atom is 0.338 e. The van der Waals surface area contributed by atoms with Crippen molar-refractivity contribution in [1.29, 1.82) is 0 Å². The normalized spacial score (nSPS) is 20.8. The van der Waals surface area contributed by atoms with Gasteiger partial charge in [0.05, 0.1) is 12.2 Å². The van der Waals surface area contributed by atoms with E-state index in [9.17, 15) is 4.79 Å². The van der Waals surface area contributed by atoms with E-state index in [4.69, 9.17) is 4.74 Å². The topological polar surface area (TPSA) is 38.3 Å². The molecule has 1 aromatic carbocycles. The first-order valence-electron chi connectivity index (χ1n) is 6.52. The van der Waals surface area contributed by atoms with Gasteiger partial charge in [0.1, 0.15) is 0 Å². The van der Waals surface area contributed by atoms with E-state index >= 15 is 0 Å². The molecule has 0 saturated carbocycles. The molecule has 0 fully saturated rings. The summed E-state index contributed by atoms with van der Waals surface area (Å²) in [6.07, 6.45) is 1.06. The van der Waals surface area contributed by atoms with E-state index in [0.29, 0.717) is 18.1 Å². The highest BCUT2D eigenvalue weighted by Gasteiger charge is 2.29. The number of nitrogens with one attached hydrogen (secondary N) is 1. The molecule has 0 spiro atoms. The average Bonchev–Trinajstić information content (AvgIpc) is 2.27. The van der Waals surface area contributed by atoms with E-state index in [2.05, 4.69) is 26.1 Å². The Morgan fingerprint density at radius 2 is 2.22 bits per heavy atom. The van der Waals surface area contributed by atoms with E-state index < -0.39 is 0 Å². The molecule has 1 atom stereocenters. The van der Waals surface area contributed by atoms with Crippen molar-refractivity contribution >= 4 is 11.7 Å². The van der Waals surface area contributed by atoms with Crippen molar-refractivity contribution in [3.63, 3.8) is 0 Å². The van der Waals surface area contributed by atoms with Gasteiger partial charge in [-0.3, -0.25) is 0 Å². The van der Waals surface area contributed by atoms with Crippen LogP contribution < -0.4 is 5.32 Å². The van der Waals surface area contributed by atoms with Gasteiger partial charge in [0.25, 0.3) is 0 Å². The number of rotatable bonds is 2. The highest BCUT2D eigenvalue weighted by atomic mass is 16.5. The lowest BCUT2D eigenvalue weighted by atomic mass is 9.81. The molecule has 1 aromatic rings. The first-order valence-corrected chi connectivity index (χ1v) is 6.52. The largest absolute Gasteiger partial charge is 0.462 e. The molecule has 1 aliphatic heterocycles. The van der Waals surface area contributed by atoms with Gasteiger partial charge in [-0.1, -0.05) is 6.92 Å². The third-order valence-corrected chi connectivity index (χ3v) is 3.38. The van der Waals surface area contributed by atoms with Crippen LogP contribution in [0.25, 0.3) is 0 Å². The Balaban J connectivity index is 2.33. The molecule has 0 bridgehead atoms. The maximum atomic E-state index is 11.7. The molecule has 3 nitrogen and oxygen atoms in total. The summed E-state index contributed by atoms with van der Waals surface area (Å²) >= 11 is 0. The Morgan fingerprint density at radius 1 is 1.50 bits per heavy atom. The zero-order valence-corrected chi connectivity index (χ0v) is 11.5.